The number of piperidine rings is 1. The number of carbonyl (C=O) groups is 2. The average molecular weight is 461 g/mol. The predicted molar refractivity (Wildman–Crippen MR) is 120 cm³/mol. The molecule has 0 saturated carbocycles. The van der Waals surface area contributed by atoms with E-state index in [1.807, 2.05) is 32.0 Å². The van der Waals surface area contributed by atoms with E-state index in [9.17, 15) is 18.0 Å². The highest BCUT2D eigenvalue weighted by molar-refractivity contribution is 7.89. The first-order chi connectivity index (χ1) is 15.2. The number of rotatable bonds is 7. The van der Waals surface area contributed by atoms with Gasteiger partial charge in [0.15, 0.2) is 6.61 Å². The number of sulfonamides is 1. The highest BCUT2D eigenvalue weighted by Gasteiger charge is 2.34. The van der Waals surface area contributed by atoms with E-state index in [2.05, 4.69) is 5.32 Å². The van der Waals surface area contributed by atoms with E-state index in [1.165, 1.54) is 23.5 Å². The minimum absolute atomic E-state index is 0.0196. The predicted octanol–water partition coefficient (Wildman–Crippen LogP) is 2.89. The van der Waals surface area contributed by atoms with E-state index >= 15 is 0 Å². The lowest BCUT2D eigenvalue weighted by Crippen LogP contribution is -2.43. The number of hydrogen-bond donors (Lipinski definition) is 1. The Hall–Kier alpha value is -2.91. The number of methoxy groups -OCH3 is 1. The summed E-state index contributed by atoms with van der Waals surface area (Å²) >= 11 is 0. The van der Waals surface area contributed by atoms with E-state index in [4.69, 9.17) is 9.47 Å². The second-order valence-electron chi connectivity index (χ2n) is 7.80. The van der Waals surface area contributed by atoms with Crippen LogP contribution in [0.15, 0.2) is 47.4 Å². The number of ether oxygens (including phenoxy) is 2. The van der Waals surface area contributed by atoms with Gasteiger partial charge in [-0.15, -0.1) is 0 Å². The molecule has 1 aliphatic heterocycles. The zero-order chi connectivity index (χ0) is 23.3. The monoisotopic (exact) mass is 460 g/mol. The number of amides is 1. The van der Waals surface area contributed by atoms with Crippen molar-refractivity contribution in [3.8, 4) is 5.75 Å². The maximum atomic E-state index is 13.0. The molecule has 1 N–H and O–H groups in total. The summed E-state index contributed by atoms with van der Waals surface area (Å²) in [5, 5.41) is 2.77. The molecule has 1 heterocycles. The van der Waals surface area contributed by atoms with Crippen molar-refractivity contribution in [2.24, 2.45) is 5.92 Å². The Morgan fingerprint density at radius 3 is 2.38 bits per heavy atom. The molecule has 1 atom stereocenters. The van der Waals surface area contributed by atoms with Crippen molar-refractivity contribution in [3.05, 3.63) is 53.6 Å². The first kappa shape index (κ1) is 23.7. The summed E-state index contributed by atoms with van der Waals surface area (Å²) in [5.74, 6) is -1.07. The molecule has 0 bridgehead atoms. The first-order valence-electron chi connectivity index (χ1n) is 10.4. The van der Waals surface area contributed by atoms with Gasteiger partial charge in [-0.2, -0.15) is 4.31 Å². The summed E-state index contributed by atoms with van der Waals surface area (Å²) in [6.45, 7) is 3.69. The molecule has 1 unspecified atom stereocenters. The summed E-state index contributed by atoms with van der Waals surface area (Å²) in [4.78, 5) is 24.9. The van der Waals surface area contributed by atoms with Gasteiger partial charge in [0.2, 0.25) is 10.0 Å². The van der Waals surface area contributed by atoms with E-state index < -0.39 is 34.4 Å². The number of aryl methyl sites for hydroxylation is 2. The normalized spacial score (nSPS) is 16.9. The third-order valence-electron chi connectivity index (χ3n) is 5.51. The first-order valence-corrected chi connectivity index (χ1v) is 11.8. The van der Waals surface area contributed by atoms with Crippen LogP contribution < -0.4 is 10.1 Å². The molecule has 172 valence electrons. The molecular formula is C23H28N2O6S. The average Bonchev–Trinajstić information content (AvgIpc) is 2.80. The number of carbonyl (C=O) groups excluding carboxylic acids is 2. The number of nitrogens with one attached hydrogen (secondary N) is 1. The number of anilines is 1. The Labute approximate surface area is 188 Å². The minimum Gasteiger partial charge on any atom is -0.497 e. The highest BCUT2D eigenvalue weighted by atomic mass is 32.2. The van der Waals surface area contributed by atoms with Gasteiger partial charge < -0.3 is 14.8 Å². The summed E-state index contributed by atoms with van der Waals surface area (Å²) in [7, 11) is -2.24. The van der Waals surface area contributed by atoms with E-state index in [1.54, 1.807) is 12.1 Å². The van der Waals surface area contributed by atoms with Gasteiger partial charge in [-0.1, -0.05) is 18.2 Å². The quantitative estimate of drug-likeness (QED) is 0.638. The van der Waals surface area contributed by atoms with Gasteiger partial charge in [0.05, 0.1) is 17.9 Å². The van der Waals surface area contributed by atoms with E-state index in [0.717, 1.165) is 11.1 Å². The van der Waals surface area contributed by atoms with Crippen molar-refractivity contribution in [2.45, 2.75) is 31.6 Å². The molecule has 0 aromatic heterocycles. The molecule has 1 saturated heterocycles. The van der Waals surface area contributed by atoms with Crippen LogP contribution in [-0.2, 0) is 24.3 Å². The molecule has 3 rings (SSSR count). The van der Waals surface area contributed by atoms with Crippen molar-refractivity contribution in [1.82, 2.24) is 4.31 Å². The van der Waals surface area contributed by atoms with Gasteiger partial charge in [0.1, 0.15) is 5.75 Å². The van der Waals surface area contributed by atoms with Crippen LogP contribution >= 0.6 is 0 Å². The Bertz CT molecular complexity index is 1060. The molecule has 0 aliphatic carbocycles. The third kappa shape index (κ3) is 5.46. The fourth-order valence-electron chi connectivity index (χ4n) is 3.69. The van der Waals surface area contributed by atoms with Gasteiger partial charge in [-0.05, 0) is 62.1 Å². The van der Waals surface area contributed by atoms with Crippen LogP contribution in [0.1, 0.15) is 24.0 Å². The van der Waals surface area contributed by atoms with Gasteiger partial charge in [0.25, 0.3) is 5.91 Å². The molecule has 1 amide bonds. The Morgan fingerprint density at radius 2 is 1.75 bits per heavy atom. The lowest BCUT2D eigenvalue weighted by molar-refractivity contribution is -0.152. The summed E-state index contributed by atoms with van der Waals surface area (Å²) in [6.07, 6.45) is 1.04. The maximum absolute atomic E-state index is 13.0. The zero-order valence-corrected chi connectivity index (χ0v) is 19.3. The van der Waals surface area contributed by atoms with Crippen LogP contribution in [0.25, 0.3) is 0 Å². The van der Waals surface area contributed by atoms with E-state index in [-0.39, 0.29) is 11.4 Å². The maximum Gasteiger partial charge on any atom is 0.310 e. The molecule has 0 radical (unpaired) electrons. The molecule has 8 nitrogen and oxygen atoms in total. The standard InChI is InChI=1S/C23H28N2O6S/c1-16-6-4-7-17(2)22(16)24-21(26)15-31-23(27)18-8-5-13-25(14-18)32(28,29)20-11-9-19(30-3)10-12-20/h4,6-7,9-12,18H,5,8,13-15H2,1-3H3,(H,24,26). The van der Waals surface area contributed by atoms with Gasteiger partial charge in [-0.25, -0.2) is 8.42 Å². The largest absolute Gasteiger partial charge is 0.497 e. The van der Waals surface area contributed by atoms with Crippen molar-refractivity contribution in [3.63, 3.8) is 0 Å². The van der Waals surface area contributed by atoms with Crippen LogP contribution in [0.2, 0.25) is 0 Å². The van der Waals surface area contributed by atoms with Crippen molar-refractivity contribution in [2.75, 3.05) is 32.1 Å². The molecule has 2 aromatic rings. The fraction of sp³-hybridized carbons (Fsp3) is 0.391. The molecular weight excluding hydrogens is 432 g/mol. The van der Waals surface area contributed by atoms with Crippen molar-refractivity contribution < 1.29 is 27.5 Å². The zero-order valence-electron chi connectivity index (χ0n) is 18.5. The summed E-state index contributed by atoms with van der Waals surface area (Å²) < 4.78 is 37.5. The topological polar surface area (TPSA) is 102 Å². The highest BCUT2D eigenvalue weighted by Crippen LogP contribution is 2.26. The van der Waals surface area contributed by atoms with Gasteiger partial charge >= 0.3 is 5.97 Å². The number of hydrogen-bond acceptors (Lipinski definition) is 6. The molecule has 1 fully saturated rings. The molecule has 9 heteroatoms. The number of nitrogens with zero attached hydrogens (tertiary/aromatic N) is 1. The lowest BCUT2D eigenvalue weighted by atomic mass is 10.00. The van der Waals surface area contributed by atoms with E-state index in [0.29, 0.717) is 30.8 Å². The molecule has 0 spiro atoms. The van der Waals surface area contributed by atoms with Crippen LogP contribution in [-0.4, -0.2) is 51.4 Å². The van der Waals surface area contributed by atoms with Crippen LogP contribution in [0, 0.1) is 19.8 Å². The van der Waals surface area contributed by atoms with Crippen LogP contribution in [0.4, 0.5) is 5.69 Å². The second kappa shape index (κ2) is 10.1. The number of esters is 1. The number of para-hydroxylation sites is 1. The van der Waals surface area contributed by atoms with Crippen LogP contribution in [0.3, 0.4) is 0 Å². The van der Waals surface area contributed by atoms with Crippen molar-refractivity contribution >= 4 is 27.6 Å². The molecule has 32 heavy (non-hydrogen) atoms. The van der Waals surface area contributed by atoms with Gasteiger partial charge in [0, 0.05) is 18.8 Å². The third-order valence-corrected chi connectivity index (χ3v) is 7.39. The Balaban J connectivity index is 1.58. The number of benzene rings is 2. The smallest absolute Gasteiger partial charge is 0.310 e. The summed E-state index contributed by atoms with van der Waals surface area (Å²) in [6, 6.07) is 11.8. The van der Waals surface area contributed by atoms with Crippen LogP contribution in [0.5, 0.6) is 5.75 Å². The minimum atomic E-state index is -3.74. The van der Waals surface area contributed by atoms with Crippen molar-refractivity contribution in [1.29, 1.82) is 0 Å². The molecule has 1 aliphatic rings. The Kier molecular flexibility index (Phi) is 7.52. The van der Waals surface area contributed by atoms with Gasteiger partial charge in [-0.3, -0.25) is 9.59 Å². The SMILES string of the molecule is COc1ccc(S(=O)(=O)N2CCCC(C(=O)OCC(=O)Nc3c(C)cccc3C)C2)cc1. The molecule has 2 aromatic carbocycles. The summed E-state index contributed by atoms with van der Waals surface area (Å²) in [5.41, 5.74) is 2.52. The fourth-order valence-corrected chi connectivity index (χ4v) is 5.22. The lowest BCUT2D eigenvalue weighted by Gasteiger charge is -2.30. The second-order valence-corrected chi connectivity index (χ2v) is 9.74. The Morgan fingerprint density at radius 1 is 1.09 bits per heavy atom.